The zero-order valence-electron chi connectivity index (χ0n) is 15.8. The standard InChI is InChI=1S/C19H28BrN3O3S/c1-15-5-4-9-22(14-15)12-8-21-19(24)17-13-16(6-7-18(17)20)27(25,26)23-10-2-3-11-23/h6-7,13,15H,2-5,8-12,14H2,1H3,(H,21,24). The summed E-state index contributed by atoms with van der Waals surface area (Å²) >= 11 is 3.38. The molecule has 2 aliphatic rings. The van der Waals surface area contributed by atoms with Crippen LogP contribution < -0.4 is 5.32 Å². The molecule has 1 N–H and O–H groups in total. The number of carbonyl (C=O) groups is 1. The zero-order chi connectivity index (χ0) is 19.4. The molecule has 1 unspecified atom stereocenters. The molecule has 0 bridgehead atoms. The highest BCUT2D eigenvalue weighted by Gasteiger charge is 2.28. The number of halogens is 1. The first-order chi connectivity index (χ1) is 12.9. The number of likely N-dealkylation sites (tertiary alicyclic amines) is 1. The Bertz CT molecular complexity index is 778. The van der Waals surface area contributed by atoms with Crippen LogP contribution in [-0.2, 0) is 10.0 Å². The van der Waals surface area contributed by atoms with Gasteiger partial charge in [0, 0.05) is 37.2 Å². The van der Waals surface area contributed by atoms with Gasteiger partial charge in [-0.1, -0.05) is 6.92 Å². The summed E-state index contributed by atoms with van der Waals surface area (Å²) in [6.07, 6.45) is 4.25. The van der Waals surface area contributed by atoms with Crippen LogP contribution in [0.1, 0.15) is 43.0 Å². The fraction of sp³-hybridized carbons (Fsp3) is 0.632. The van der Waals surface area contributed by atoms with Crippen LogP contribution in [0.15, 0.2) is 27.6 Å². The fourth-order valence-electron chi connectivity index (χ4n) is 3.83. The summed E-state index contributed by atoms with van der Waals surface area (Å²) in [5, 5.41) is 2.93. The number of piperidine rings is 1. The molecule has 1 atom stereocenters. The molecule has 6 nitrogen and oxygen atoms in total. The highest BCUT2D eigenvalue weighted by molar-refractivity contribution is 9.10. The van der Waals surface area contributed by atoms with Gasteiger partial charge in [0.25, 0.3) is 5.91 Å². The number of sulfonamides is 1. The van der Waals surface area contributed by atoms with Gasteiger partial charge in [0.2, 0.25) is 10.0 Å². The number of nitrogens with zero attached hydrogens (tertiary/aromatic N) is 2. The molecule has 2 aliphatic heterocycles. The molecule has 3 rings (SSSR count). The maximum absolute atomic E-state index is 12.7. The topological polar surface area (TPSA) is 69.7 Å². The highest BCUT2D eigenvalue weighted by atomic mass is 79.9. The number of amides is 1. The average Bonchev–Trinajstić information content (AvgIpc) is 3.17. The number of hydrogen-bond acceptors (Lipinski definition) is 4. The molecule has 0 aromatic heterocycles. The van der Waals surface area contributed by atoms with Crippen molar-refractivity contribution in [1.29, 1.82) is 0 Å². The van der Waals surface area contributed by atoms with Crippen LogP contribution in [-0.4, -0.2) is 62.8 Å². The lowest BCUT2D eigenvalue weighted by Gasteiger charge is -2.30. The summed E-state index contributed by atoms with van der Waals surface area (Å²) in [7, 11) is -3.53. The number of benzene rings is 1. The van der Waals surface area contributed by atoms with E-state index in [4.69, 9.17) is 0 Å². The molecule has 150 valence electrons. The third-order valence-corrected chi connectivity index (χ3v) is 7.93. The number of carbonyl (C=O) groups excluding carboxylic acids is 1. The van der Waals surface area contributed by atoms with Crippen molar-refractivity contribution in [1.82, 2.24) is 14.5 Å². The van der Waals surface area contributed by atoms with Gasteiger partial charge in [-0.25, -0.2) is 8.42 Å². The Balaban J connectivity index is 1.64. The maximum atomic E-state index is 12.7. The molecule has 1 amide bonds. The van der Waals surface area contributed by atoms with Crippen LogP contribution in [0.2, 0.25) is 0 Å². The van der Waals surface area contributed by atoms with E-state index in [9.17, 15) is 13.2 Å². The van der Waals surface area contributed by atoms with Crippen molar-refractivity contribution < 1.29 is 13.2 Å². The SMILES string of the molecule is CC1CCCN(CCNC(=O)c2cc(S(=O)(=O)N3CCCC3)ccc2Br)C1. The van der Waals surface area contributed by atoms with Crippen molar-refractivity contribution in [2.24, 2.45) is 5.92 Å². The summed E-state index contributed by atoms with van der Waals surface area (Å²) < 4.78 is 27.6. The van der Waals surface area contributed by atoms with E-state index in [0.717, 1.165) is 32.5 Å². The predicted molar refractivity (Wildman–Crippen MR) is 109 cm³/mol. The van der Waals surface area contributed by atoms with Gasteiger partial charge in [0.1, 0.15) is 0 Å². The molecule has 0 saturated carbocycles. The molecule has 2 fully saturated rings. The first kappa shape index (κ1) is 20.8. The second kappa shape index (κ2) is 9.03. The fourth-order valence-corrected chi connectivity index (χ4v) is 5.80. The minimum atomic E-state index is -3.53. The quantitative estimate of drug-likeness (QED) is 0.712. The second-order valence-electron chi connectivity index (χ2n) is 7.56. The maximum Gasteiger partial charge on any atom is 0.252 e. The van der Waals surface area contributed by atoms with Crippen molar-refractivity contribution in [2.45, 2.75) is 37.5 Å². The van der Waals surface area contributed by atoms with Gasteiger partial charge in [-0.3, -0.25) is 4.79 Å². The first-order valence-corrected chi connectivity index (χ1v) is 11.9. The van der Waals surface area contributed by atoms with Crippen LogP contribution in [0.3, 0.4) is 0 Å². The molecule has 0 aliphatic carbocycles. The monoisotopic (exact) mass is 457 g/mol. The van der Waals surface area contributed by atoms with Gasteiger partial charge in [-0.05, 0) is 72.3 Å². The van der Waals surface area contributed by atoms with Crippen LogP contribution in [0, 0.1) is 5.92 Å². The summed E-state index contributed by atoms with van der Waals surface area (Å²) in [6.45, 7) is 6.88. The zero-order valence-corrected chi connectivity index (χ0v) is 18.2. The summed E-state index contributed by atoms with van der Waals surface area (Å²) in [5.41, 5.74) is 0.363. The van der Waals surface area contributed by atoms with Gasteiger partial charge in [0.15, 0.2) is 0 Å². The van der Waals surface area contributed by atoms with Crippen LogP contribution in [0.5, 0.6) is 0 Å². The van der Waals surface area contributed by atoms with Crippen molar-refractivity contribution in [3.8, 4) is 0 Å². The largest absolute Gasteiger partial charge is 0.351 e. The Labute approximate surface area is 170 Å². The lowest BCUT2D eigenvalue weighted by molar-refractivity contribution is 0.0943. The second-order valence-corrected chi connectivity index (χ2v) is 10.3. The molecular formula is C19H28BrN3O3S. The van der Waals surface area contributed by atoms with Gasteiger partial charge in [0.05, 0.1) is 10.5 Å². The number of hydrogen-bond donors (Lipinski definition) is 1. The Morgan fingerprint density at radius 1 is 1.22 bits per heavy atom. The predicted octanol–water partition coefficient (Wildman–Crippen LogP) is 2.70. The molecule has 8 heteroatoms. The molecule has 2 saturated heterocycles. The van der Waals surface area contributed by atoms with Crippen molar-refractivity contribution in [3.63, 3.8) is 0 Å². The van der Waals surface area contributed by atoms with Crippen LogP contribution in [0.4, 0.5) is 0 Å². The number of nitrogens with one attached hydrogen (secondary N) is 1. The molecular weight excluding hydrogens is 430 g/mol. The van der Waals surface area contributed by atoms with Crippen molar-refractivity contribution in [2.75, 3.05) is 39.3 Å². The number of rotatable bonds is 6. The van der Waals surface area contributed by atoms with Gasteiger partial charge < -0.3 is 10.2 Å². The van der Waals surface area contributed by atoms with E-state index in [0.29, 0.717) is 35.6 Å². The first-order valence-electron chi connectivity index (χ1n) is 9.68. The van der Waals surface area contributed by atoms with E-state index in [1.165, 1.54) is 23.2 Å². The summed E-state index contributed by atoms with van der Waals surface area (Å²) in [6, 6.07) is 4.68. The Hall–Kier alpha value is -0.960. The smallest absolute Gasteiger partial charge is 0.252 e. The molecule has 27 heavy (non-hydrogen) atoms. The third kappa shape index (κ3) is 5.10. The van der Waals surface area contributed by atoms with Crippen LogP contribution >= 0.6 is 15.9 Å². The minimum Gasteiger partial charge on any atom is -0.351 e. The molecule has 1 aromatic carbocycles. The Kier molecular flexibility index (Phi) is 6.94. The molecule has 2 heterocycles. The Morgan fingerprint density at radius 2 is 1.96 bits per heavy atom. The summed E-state index contributed by atoms with van der Waals surface area (Å²) in [5.74, 6) is 0.460. The normalized spacial score (nSPS) is 22.1. The molecule has 0 spiro atoms. The molecule has 1 aromatic rings. The van der Waals surface area contributed by atoms with E-state index >= 15 is 0 Å². The van der Waals surface area contributed by atoms with E-state index in [-0.39, 0.29) is 10.8 Å². The third-order valence-electron chi connectivity index (χ3n) is 5.34. The van der Waals surface area contributed by atoms with E-state index in [1.54, 1.807) is 12.1 Å². The Morgan fingerprint density at radius 3 is 2.67 bits per heavy atom. The lowest BCUT2D eigenvalue weighted by atomic mass is 10.0. The lowest BCUT2D eigenvalue weighted by Crippen LogP contribution is -2.40. The van der Waals surface area contributed by atoms with Gasteiger partial charge in [-0.15, -0.1) is 0 Å². The van der Waals surface area contributed by atoms with E-state index in [1.807, 2.05) is 0 Å². The van der Waals surface area contributed by atoms with E-state index < -0.39 is 10.0 Å². The average molecular weight is 458 g/mol. The summed E-state index contributed by atoms with van der Waals surface area (Å²) in [4.78, 5) is 15.2. The molecule has 0 radical (unpaired) electrons. The van der Waals surface area contributed by atoms with Crippen molar-refractivity contribution >= 4 is 31.9 Å². The van der Waals surface area contributed by atoms with E-state index in [2.05, 4.69) is 33.1 Å². The van der Waals surface area contributed by atoms with Gasteiger partial charge >= 0.3 is 0 Å². The highest BCUT2D eigenvalue weighted by Crippen LogP contribution is 2.25. The van der Waals surface area contributed by atoms with Gasteiger partial charge in [-0.2, -0.15) is 4.31 Å². The van der Waals surface area contributed by atoms with Crippen molar-refractivity contribution in [3.05, 3.63) is 28.2 Å². The minimum absolute atomic E-state index is 0.183. The van der Waals surface area contributed by atoms with Crippen LogP contribution in [0.25, 0.3) is 0 Å².